The quantitative estimate of drug-likeness (QED) is 0.518. The summed E-state index contributed by atoms with van der Waals surface area (Å²) in [5.41, 5.74) is 1.10. The molecule has 1 aliphatic rings. The van der Waals surface area contributed by atoms with Gasteiger partial charge < -0.3 is 15.2 Å². The Morgan fingerprint density at radius 1 is 1.08 bits per heavy atom. The van der Waals surface area contributed by atoms with E-state index in [0.717, 1.165) is 0 Å². The van der Waals surface area contributed by atoms with E-state index >= 15 is 0 Å². The highest BCUT2D eigenvalue weighted by Crippen LogP contribution is 2.30. The SMILES string of the molecule is CC(C)(C)n1ncc(C(=O)Nc2ccc(C(=O)O)c(S(=O)N3CCOCC3)c2)c1-c1ccc(F)cc1. The summed E-state index contributed by atoms with van der Waals surface area (Å²) in [7, 11) is -1.75. The first-order valence-corrected chi connectivity index (χ1v) is 12.4. The number of aromatic nitrogens is 2. The van der Waals surface area contributed by atoms with E-state index < -0.39 is 34.2 Å². The minimum atomic E-state index is -1.75. The van der Waals surface area contributed by atoms with Crippen LogP contribution in [0.4, 0.5) is 10.1 Å². The number of nitrogens with one attached hydrogen (secondary N) is 1. The van der Waals surface area contributed by atoms with Gasteiger partial charge in [0.05, 0.1) is 46.7 Å². The second-order valence-corrected chi connectivity index (χ2v) is 10.7. The van der Waals surface area contributed by atoms with Crippen LogP contribution in [0.5, 0.6) is 0 Å². The fourth-order valence-electron chi connectivity index (χ4n) is 3.88. The summed E-state index contributed by atoms with van der Waals surface area (Å²) in [6.07, 6.45) is 1.44. The van der Waals surface area contributed by atoms with Crippen LogP contribution in [0.25, 0.3) is 11.3 Å². The molecule has 1 fully saturated rings. The monoisotopic (exact) mass is 514 g/mol. The average Bonchev–Trinajstić information content (AvgIpc) is 3.30. The highest BCUT2D eigenvalue weighted by atomic mass is 32.2. The summed E-state index contributed by atoms with van der Waals surface area (Å²) in [6, 6.07) is 9.98. The van der Waals surface area contributed by atoms with Crippen molar-refractivity contribution in [3.8, 4) is 11.3 Å². The number of halogens is 1. The molecule has 2 heterocycles. The van der Waals surface area contributed by atoms with Crippen LogP contribution in [-0.2, 0) is 21.3 Å². The third-order valence-electron chi connectivity index (χ3n) is 5.63. The first-order chi connectivity index (χ1) is 17.1. The van der Waals surface area contributed by atoms with Crippen LogP contribution in [0.1, 0.15) is 41.5 Å². The van der Waals surface area contributed by atoms with Crippen molar-refractivity contribution in [1.29, 1.82) is 0 Å². The van der Waals surface area contributed by atoms with Gasteiger partial charge in [0, 0.05) is 24.3 Å². The fraction of sp³-hybridized carbons (Fsp3) is 0.320. The molecule has 36 heavy (non-hydrogen) atoms. The molecule has 1 saturated heterocycles. The molecule has 2 N–H and O–H groups in total. The van der Waals surface area contributed by atoms with Gasteiger partial charge in [0.15, 0.2) is 0 Å². The lowest BCUT2D eigenvalue weighted by atomic mass is 10.0. The number of carbonyl (C=O) groups is 2. The maximum Gasteiger partial charge on any atom is 0.336 e. The number of amides is 1. The van der Waals surface area contributed by atoms with Gasteiger partial charge in [-0.25, -0.2) is 17.7 Å². The van der Waals surface area contributed by atoms with Gasteiger partial charge in [-0.2, -0.15) is 5.10 Å². The zero-order chi connectivity index (χ0) is 26.0. The van der Waals surface area contributed by atoms with E-state index in [1.54, 1.807) is 21.1 Å². The predicted molar refractivity (Wildman–Crippen MR) is 133 cm³/mol. The second-order valence-electron chi connectivity index (χ2n) is 9.26. The minimum Gasteiger partial charge on any atom is -0.478 e. The molecular formula is C25H27FN4O5S. The van der Waals surface area contributed by atoms with Crippen LogP contribution >= 0.6 is 0 Å². The van der Waals surface area contributed by atoms with Crippen molar-refractivity contribution in [1.82, 2.24) is 14.1 Å². The van der Waals surface area contributed by atoms with Gasteiger partial charge in [-0.1, -0.05) is 0 Å². The standard InChI is InChI=1S/C25H27FN4O5S/c1-25(2,3)30-22(16-4-6-17(26)7-5-16)20(15-27-30)23(31)28-18-8-9-19(24(32)33)21(14-18)36(34)29-10-12-35-13-11-29/h4-9,14-15H,10-13H2,1-3H3,(H,28,31)(H,32,33). The molecular weight excluding hydrogens is 487 g/mol. The molecule has 9 nitrogen and oxygen atoms in total. The van der Waals surface area contributed by atoms with Gasteiger partial charge in [0.2, 0.25) is 0 Å². The summed E-state index contributed by atoms with van der Waals surface area (Å²) in [5, 5.41) is 16.8. The first kappa shape index (κ1) is 25.7. The predicted octanol–water partition coefficient (Wildman–Crippen LogP) is 3.75. The lowest BCUT2D eigenvalue weighted by molar-refractivity contribution is 0.0691. The number of hydrogen-bond acceptors (Lipinski definition) is 5. The second kappa shape index (κ2) is 10.3. The van der Waals surface area contributed by atoms with Crippen molar-refractivity contribution in [2.24, 2.45) is 0 Å². The van der Waals surface area contributed by atoms with Crippen LogP contribution < -0.4 is 5.32 Å². The fourth-order valence-corrected chi connectivity index (χ4v) is 5.21. The van der Waals surface area contributed by atoms with E-state index in [9.17, 15) is 23.3 Å². The number of aromatic carboxylic acids is 1. The lowest BCUT2D eigenvalue weighted by Gasteiger charge is -2.26. The topological polar surface area (TPSA) is 114 Å². The summed E-state index contributed by atoms with van der Waals surface area (Å²) >= 11 is 0. The van der Waals surface area contributed by atoms with Crippen molar-refractivity contribution in [3.63, 3.8) is 0 Å². The van der Waals surface area contributed by atoms with E-state index in [0.29, 0.717) is 37.6 Å². The maximum atomic E-state index is 13.6. The van der Waals surface area contributed by atoms with Crippen LogP contribution in [0.3, 0.4) is 0 Å². The number of benzene rings is 2. The molecule has 1 aliphatic heterocycles. The van der Waals surface area contributed by atoms with E-state index in [2.05, 4.69) is 10.4 Å². The van der Waals surface area contributed by atoms with Crippen molar-refractivity contribution >= 4 is 28.5 Å². The summed E-state index contributed by atoms with van der Waals surface area (Å²) in [4.78, 5) is 25.2. The largest absolute Gasteiger partial charge is 0.478 e. The van der Waals surface area contributed by atoms with Gasteiger partial charge in [0.25, 0.3) is 5.91 Å². The first-order valence-electron chi connectivity index (χ1n) is 11.3. The molecule has 1 aromatic heterocycles. The van der Waals surface area contributed by atoms with E-state index in [1.807, 2.05) is 20.8 Å². The lowest BCUT2D eigenvalue weighted by Crippen LogP contribution is -2.38. The molecule has 0 radical (unpaired) electrons. The number of ether oxygens (including phenoxy) is 1. The van der Waals surface area contributed by atoms with E-state index in [1.165, 1.54) is 36.5 Å². The van der Waals surface area contributed by atoms with Crippen LogP contribution in [0.15, 0.2) is 53.6 Å². The minimum absolute atomic E-state index is 0.0892. The number of carboxylic acid groups (broad SMARTS) is 1. The number of carbonyl (C=O) groups excluding carboxylic acids is 1. The zero-order valence-corrected chi connectivity index (χ0v) is 21.0. The molecule has 11 heteroatoms. The highest BCUT2D eigenvalue weighted by Gasteiger charge is 2.27. The molecule has 4 rings (SSSR count). The summed E-state index contributed by atoms with van der Waals surface area (Å²) < 4.78 is 35.4. The Morgan fingerprint density at radius 2 is 1.75 bits per heavy atom. The van der Waals surface area contributed by atoms with Crippen LogP contribution in [0, 0.1) is 5.82 Å². The van der Waals surface area contributed by atoms with Gasteiger partial charge in [0.1, 0.15) is 16.8 Å². The van der Waals surface area contributed by atoms with Gasteiger partial charge in [-0.3, -0.25) is 9.48 Å². The molecule has 0 bridgehead atoms. The Balaban J connectivity index is 1.69. The van der Waals surface area contributed by atoms with Gasteiger partial charge in [-0.15, -0.1) is 0 Å². The van der Waals surface area contributed by atoms with Crippen molar-refractivity contribution in [2.45, 2.75) is 31.2 Å². The van der Waals surface area contributed by atoms with Gasteiger partial charge in [-0.05, 0) is 63.2 Å². The third kappa shape index (κ3) is 5.38. The Labute approximate surface area is 210 Å². The van der Waals surface area contributed by atoms with Crippen molar-refractivity contribution < 1.29 is 28.0 Å². The molecule has 0 saturated carbocycles. The Morgan fingerprint density at radius 3 is 2.36 bits per heavy atom. The molecule has 0 aliphatic carbocycles. The van der Waals surface area contributed by atoms with E-state index in [-0.39, 0.29) is 21.7 Å². The molecule has 1 unspecified atom stereocenters. The Bertz CT molecular complexity index is 1310. The third-order valence-corrected chi connectivity index (χ3v) is 7.18. The molecule has 1 amide bonds. The van der Waals surface area contributed by atoms with Crippen molar-refractivity contribution in [3.05, 3.63) is 65.6 Å². The number of carboxylic acids is 1. The molecule has 190 valence electrons. The Hall–Kier alpha value is -3.41. The Kier molecular flexibility index (Phi) is 7.34. The van der Waals surface area contributed by atoms with Crippen LogP contribution in [-0.4, -0.2) is 61.6 Å². The number of rotatable bonds is 6. The van der Waals surface area contributed by atoms with Crippen LogP contribution in [0.2, 0.25) is 0 Å². The number of hydrogen-bond donors (Lipinski definition) is 2. The summed E-state index contributed by atoms with van der Waals surface area (Å²) in [5.74, 6) is -2.10. The summed E-state index contributed by atoms with van der Waals surface area (Å²) in [6.45, 7) is 7.40. The van der Waals surface area contributed by atoms with Gasteiger partial charge >= 0.3 is 5.97 Å². The van der Waals surface area contributed by atoms with E-state index in [4.69, 9.17) is 4.74 Å². The maximum absolute atomic E-state index is 13.6. The number of anilines is 1. The molecule has 1 atom stereocenters. The van der Waals surface area contributed by atoms with Crippen molar-refractivity contribution in [2.75, 3.05) is 31.6 Å². The molecule has 0 spiro atoms. The molecule has 3 aromatic rings. The zero-order valence-electron chi connectivity index (χ0n) is 20.2. The molecule has 2 aromatic carbocycles. The number of nitrogens with zero attached hydrogens (tertiary/aromatic N) is 3. The average molecular weight is 515 g/mol. The smallest absolute Gasteiger partial charge is 0.336 e. The normalized spacial score (nSPS) is 15.4. The number of morpholine rings is 1. The highest BCUT2D eigenvalue weighted by molar-refractivity contribution is 7.82.